The van der Waals surface area contributed by atoms with Gasteiger partial charge in [0.25, 0.3) is 0 Å². The number of carbonyl (C=O) groups is 1. The predicted octanol–water partition coefficient (Wildman–Crippen LogP) is 19.5. The van der Waals surface area contributed by atoms with E-state index in [1.807, 2.05) is 6.08 Å². The Kier molecular flexibility index (Phi) is 56.9. The molecule has 0 fully saturated rings. The van der Waals surface area contributed by atoms with Crippen LogP contribution in [0.25, 0.3) is 0 Å². The molecule has 0 aliphatic heterocycles. The lowest BCUT2D eigenvalue weighted by atomic mass is 10.0. The van der Waals surface area contributed by atoms with Gasteiger partial charge in [0.15, 0.2) is 0 Å². The topological polar surface area (TPSA) is 89.8 Å². The number of nitrogens with one attached hydrogen (secondary N) is 1. The van der Waals surface area contributed by atoms with E-state index in [4.69, 9.17) is 0 Å². The molecule has 0 spiro atoms. The van der Waals surface area contributed by atoms with Crippen molar-refractivity contribution in [3.05, 3.63) is 12.2 Å². The van der Waals surface area contributed by atoms with E-state index < -0.39 is 24.2 Å². The van der Waals surface area contributed by atoms with Crippen LogP contribution in [0.5, 0.6) is 0 Å². The molecule has 0 saturated carbocycles. The largest absolute Gasteiger partial charge is 0.394 e. The summed E-state index contributed by atoms with van der Waals surface area (Å²) in [6, 6.07) is -0.795. The number of hydrogen-bond acceptors (Lipinski definition) is 4. The van der Waals surface area contributed by atoms with Crippen LogP contribution >= 0.6 is 0 Å². The molecule has 0 radical (unpaired) electrons. The molecule has 4 N–H and O–H groups in total. The van der Waals surface area contributed by atoms with Crippen molar-refractivity contribution in [2.75, 3.05) is 6.61 Å². The molecule has 0 aliphatic rings. The Morgan fingerprint density at radius 2 is 0.582 bits per heavy atom. The van der Waals surface area contributed by atoms with Crippen LogP contribution in [0.2, 0.25) is 0 Å². The summed E-state index contributed by atoms with van der Waals surface area (Å²) in [5.41, 5.74) is 0. The van der Waals surface area contributed by atoms with E-state index in [0.29, 0.717) is 6.42 Å². The van der Waals surface area contributed by atoms with Crippen molar-refractivity contribution in [2.24, 2.45) is 0 Å². The van der Waals surface area contributed by atoms with Gasteiger partial charge >= 0.3 is 0 Å². The zero-order valence-corrected chi connectivity index (χ0v) is 45.8. The van der Waals surface area contributed by atoms with Gasteiger partial charge in [-0.1, -0.05) is 347 Å². The molecule has 0 aromatic carbocycles. The van der Waals surface area contributed by atoms with Gasteiger partial charge in [-0.2, -0.15) is 0 Å². The quantitative estimate of drug-likeness (QED) is 0.0361. The maximum Gasteiger partial charge on any atom is 0.249 e. The second kappa shape index (κ2) is 57.7. The first kappa shape index (κ1) is 66.1. The molecule has 400 valence electrons. The van der Waals surface area contributed by atoms with Crippen molar-refractivity contribution in [2.45, 2.75) is 372 Å². The highest BCUT2D eigenvalue weighted by atomic mass is 16.3. The zero-order valence-electron chi connectivity index (χ0n) is 45.8. The fourth-order valence-corrected chi connectivity index (χ4v) is 10.1. The average Bonchev–Trinajstić information content (AvgIpc) is 3.33. The number of amides is 1. The first-order chi connectivity index (χ1) is 33.1. The van der Waals surface area contributed by atoms with Gasteiger partial charge in [-0.05, 0) is 19.3 Å². The van der Waals surface area contributed by atoms with Crippen molar-refractivity contribution >= 4 is 5.91 Å². The molecule has 0 heterocycles. The van der Waals surface area contributed by atoms with Crippen LogP contribution < -0.4 is 5.32 Å². The van der Waals surface area contributed by atoms with Crippen LogP contribution in [0.15, 0.2) is 12.2 Å². The highest BCUT2D eigenvalue weighted by Crippen LogP contribution is 2.19. The lowest BCUT2D eigenvalue weighted by molar-refractivity contribution is -0.131. The fourth-order valence-electron chi connectivity index (χ4n) is 10.1. The monoisotopic (exact) mass is 946 g/mol. The molecular formula is C62H123NO4. The number of allylic oxidation sites excluding steroid dienone is 1. The maximum absolute atomic E-state index is 12.6. The number of aliphatic hydroxyl groups excluding tert-OH is 3. The Balaban J connectivity index is 3.49. The smallest absolute Gasteiger partial charge is 0.249 e. The van der Waals surface area contributed by atoms with Crippen molar-refractivity contribution in [1.29, 1.82) is 0 Å². The molecular weight excluding hydrogens is 823 g/mol. The van der Waals surface area contributed by atoms with E-state index in [1.165, 1.54) is 302 Å². The Labute approximate surface area is 420 Å². The Morgan fingerprint density at radius 1 is 0.358 bits per heavy atom. The molecule has 5 heteroatoms. The normalized spacial score (nSPS) is 13.2. The summed E-state index contributed by atoms with van der Waals surface area (Å²) >= 11 is 0. The Hall–Kier alpha value is -0.910. The molecule has 3 atom stereocenters. The summed E-state index contributed by atoms with van der Waals surface area (Å²) < 4.78 is 0. The summed E-state index contributed by atoms with van der Waals surface area (Å²) in [5, 5.41) is 33.5. The minimum atomic E-state index is -1.09. The number of hydrogen-bond donors (Lipinski definition) is 4. The van der Waals surface area contributed by atoms with Gasteiger partial charge in [-0.3, -0.25) is 4.79 Å². The number of aliphatic hydroxyl groups is 3. The Morgan fingerprint density at radius 3 is 0.821 bits per heavy atom. The second-order valence-corrected chi connectivity index (χ2v) is 21.6. The van der Waals surface area contributed by atoms with E-state index in [0.717, 1.165) is 32.1 Å². The molecule has 5 nitrogen and oxygen atoms in total. The third-order valence-corrected chi connectivity index (χ3v) is 14.9. The van der Waals surface area contributed by atoms with Gasteiger partial charge in [0.2, 0.25) is 5.91 Å². The summed E-state index contributed by atoms with van der Waals surface area (Å²) in [4.78, 5) is 12.6. The number of rotatable bonds is 58. The SMILES string of the molecule is CCCCCCCCCCCCCCCCCCCCCC/C=C/C(O)C(CO)NC(=O)C(O)CCCCCCCCCCCCCCCCCCCCCCCCCCCCCCCCC. The predicted molar refractivity (Wildman–Crippen MR) is 296 cm³/mol. The fraction of sp³-hybridized carbons (Fsp3) is 0.952. The van der Waals surface area contributed by atoms with Gasteiger partial charge in [-0.25, -0.2) is 0 Å². The van der Waals surface area contributed by atoms with Crippen LogP contribution in [0, 0.1) is 0 Å². The highest BCUT2D eigenvalue weighted by Gasteiger charge is 2.22. The van der Waals surface area contributed by atoms with Gasteiger partial charge < -0.3 is 20.6 Å². The maximum atomic E-state index is 12.6. The van der Waals surface area contributed by atoms with E-state index in [2.05, 4.69) is 19.2 Å². The summed E-state index contributed by atoms with van der Waals surface area (Å²) in [7, 11) is 0. The highest BCUT2D eigenvalue weighted by molar-refractivity contribution is 5.80. The van der Waals surface area contributed by atoms with Gasteiger partial charge in [0.05, 0.1) is 18.8 Å². The third-order valence-electron chi connectivity index (χ3n) is 14.9. The summed E-state index contributed by atoms with van der Waals surface area (Å²) in [6.07, 6.45) is 73.2. The van der Waals surface area contributed by atoms with E-state index in [9.17, 15) is 20.1 Å². The zero-order chi connectivity index (χ0) is 48.6. The molecule has 67 heavy (non-hydrogen) atoms. The molecule has 0 rings (SSSR count). The van der Waals surface area contributed by atoms with Crippen molar-refractivity contribution in [3.63, 3.8) is 0 Å². The third kappa shape index (κ3) is 52.7. The molecule has 3 unspecified atom stereocenters. The van der Waals surface area contributed by atoms with Gasteiger partial charge in [0, 0.05) is 0 Å². The number of unbranched alkanes of at least 4 members (excludes halogenated alkanes) is 50. The lowest BCUT2D eigenvalue weighted by Crippen LogP contribution is -2.48. The van der Waals surface area contributed by atoms with Crippen molar-refractivity contribution < 1.29 is 20.1 Å². The van der Waals surface area contributed by atoms with Crippen LogP contribution in [-0.4, -0.2) is 46.1 Å². The van der Waals surface area contributed by atoms with E-state index >= 15 is 0 Å². The Bertz CT molecular complexity index is 956. The standard InChI is InChI=1S/C62H123NO4/c1-3-5-7-9-11-13-15-17-19-21-23-25-27-28-29-30-31-32-33-34-35-37-39-41-43-45-47-49-51-53-55-57-61(66)62(67)63-59(58-64)60(65)56-54-52-50-48-46-44-42-40-38-36-26-24-22-20-18-16-14-12-10-8-6-4-2/h54,56,59-61,64-66H,3-53,55,57-58H2,1-2H3,(H,63,67)/b56-54+. The van der Waals surface area contributed by atoms with Crippen molar-refractivity contribution in [3.8, 4) is 0 Å². The minimum Gasteiger partial charge on any atom is -0.394 e. The summed E-state index contributed by atoms with van der Waals surface area (Å²) in [6.45, 7) is 4.23. The molecule has 0 aromatic heterocycles. The van der Waals surface area contributed by atoms with E-state index in [1.54, 1.807) is 6.08 Å². The molecule has 0 aliphatic carbocycles. The second-order valence-electron chi connectivity index (χ2n) is 21.6. The molecule has 0 saturated heterocycles. The van der Waals surface area contributed by atoms with Crippen molar-refractivity contribution in [1.82, 2.24) is 5.32 Å². The minimum absolute atomic E-state index is 0.358. The molecule has 0 aromatic rings. The van der Waals surface area contributed by atoms with Gasteiger partial charge in [0.1, 0.15) is 6.10 Å². The lowest BCUT2D eigenvalue weighted by Gasteiger charge is -2.21. The first-order valence-corrected chi connectivity index (χ1v) is 31.0. The molecule has 1 amide bonds. The molecule has 0 bridgehead atoms. The van der Waals surface area contributed by atoms with E-state index in [-0.39, 0.29) is 6.61 Å². The average molecular weight is 947 g/mol. The summed E-state index contributed by atoms with van der Waals surface area (Å²) in [5.74, 6) is -0.494. The van der Waals surface area contributed by atoms with Crippen LogP contribution in [0.1, 0.15) is 354 Å². The van der Waals surface area contributed by atoms with Crippen LogP contribution in [0.4, 0.5) is 0 Å². The van der Waals surface area contributed by atoms with Gasteiger partial charge in [-0.15, -0.1) is 0 Å². The number of carbonyl (C=O) groups excluding carboxylic acids is 1. The van der Waals surface area contributed by atoms with Crippen LogP contribution in [-0.2, 0) is 4.79 Å². The van der Waals surface area contributed by atoms with Crippen LogP contribution in [0.3, 0.4) is 0 Å². The first-order valence-electron chi connectivity index (χ1n) is 31.0.